The quantitative estimate of drug-likeness (QED) is 0.581. The zero-order valence-corrected chi connectivity index (χ0v) is 14.7. The largest absolute Gasteiger partial charge is 0.378 e. The van der Waals surface area contributed by atoms with E-state index in [1.54, 1.807) is 10.9 Å². The van der Waals surface area contributed by atoms with Crippen molar-refractivity contribution in [1.29, 1.82) is 0 Å². The van der Waals surface area contributed by atoms with Gasteiger partial charge in [-0.25, -0.2) is 5.10 Å². The summed E-state index contributed by atoms with van der Waals surface area (Å²) in [5.41, 5.74) is 4.28. The van der Waals surface area contributed by atoms with Crippen LogP contribution in [0, 0.1) is 11.7 Å². The first-order valence-corrected chi connectivity index (χ1v) is 8.01. The SMILES string of the molecule is Cc1cccc(-c2n[nH]c(=S)n2/N=C/c2ccc(N(C)C)cc2)c1. The Morgan fingerprint density at radius 1 is 1.17 bits per heavy atom. The van der Waals surface area contributed by atoms with Crippen LogP contribution in [-0.4, -0.2) is 35.2 Å². The van der Waals surface area contributed by atoms with Crippen LogP contribution < -0.4 is 4.90 Å². The van der Waals surface area contributed by atoms with Gasteiger partial charge < -0.3 is 4.90 Å². The molecule has 0 unspecified atom stereocenters. The fraction of sp³-hybridized carbons (Fsp3) is 0.167. The van der Waals surface area contributed by atoms with Crippen LogP contribution in [-0.2, 0) is 0 Å². The van der Waals surface area contributed by atoms with E-state index in [0.29, 0.717) is 10.6 Å². The first kappa shape index (κ1) is 16.1. The molecule has 1 N–H and O–H groups in total. The van der Waals surface area contributed by atoms with Crippen molar-refractivity contribution in [2.24, 2.45) is 5.10 Å². The lowest BCUT2D eigenvalue weighted by molar-refractivity contribution is 0.871. The molecular formula is C18H19N5S. The van der Waals surface area contributed by atoms with Gasteiger partial charge in [-0.2, -0.15) is 14.9 Å². The first-order valence-electron chi connectivity index (χ1n) is 7.61. The molecule has 0 bridgehead atoms. The van der Waals surface area contributed by atoms with Crippen molar-refractivity contribution in [3.05, 3.63) is 64.4 Å². The molecular weight excluding hydrogens is 318 g/mol. The second-order valence-corrected chi connectivity index (χ2v) is 6.15. The third kappa shape index (κ3) is 3.44. The maximum Gasteiger partial charge on any atom is 0.216 e. The summed E-state index contributed by atoms with van der Waals surface area (Å²) in [5.74, 6) is 0.699. The van der Waals surface area contributed by atoms with Gasteiger partial charge in [-0.15, -0.1) is 0 Å². The molecule has 0 aliphatic rings. The van der Waals surface area contributed by atoms with Crippen molar-refractivity contribution in [3.63, 3.8) is 0 Å². The highest BCUT2D eigenvalue weighted by molar-refractivity contribution is 7.71. The number of nitrogens with zero attached hydrogens (tertiary/aromatic N) is 4. The third-order valence-corrected chi connectivity index (χ3v) is 3.92. The normalized spacial score (nSPS) is 11.1. The number of aryl methyl sites for hydroxylation is 1. The molecule has 3 aromatic rings. The zero-order valence-electron chi connectivity index (χ0n) is 13.9. The number of hydrogen-bond acceptors (Lipinski definition) is 4. The molecule has 0 amide bonds. The van der Waals surface area contributed by atoms with E-state index in [1.807, 2.05) is 51.4 Å². The van der Waals surface area contributed by atoms with Crippen molar-refractivity contribution in [2.45, 2.75) is 6.92 Å². The number of aromatic nitrogens is 3. The number of H-pyrrole nitrogens is 1. The molecule has 3 rings (SSSR count). The fourth-order valence-corrected chi connectivity index (χ4v) is 2.53. The van der Waals surface area contributed by atoms with Gasteiger partial charge in [-0.05, 0) is 42.9 Å². The number of anilines is 1. The summed E-state index contributed by atoms with van der Waals surface area (Å²) < 4.78 is 2.11. The predicted octanol–water partition coefficient (Wildman–Crippen LogP) is 3.86. The van der Waals surface area contributed by atoms with Crippen molar-refractivity contribution < 1.29 is 0 Å². The minimum atomic E-state index is 0.465. The number of nitrogens with one attached hydrogen (secondary N) is 1. The van der Waals surface area contributed by atoms with E-state index >= 15 is 0 Å². The highest BCUT2D eigenvalue weighted by Gasteiger charge is 2.08. The molecule has 5 nitrogen and oxygen atoms in total. The van der Waals surface area contributed by atoms with Gasteiger partial charge in [0.15, 0.2) is 5.82 Å². The summed E-state index contributed by atoms with van der Waals surface area (Å²) in [4.78, 5) is 2.06. The van der Waals surface area contributed by atoms with Crippen molar-refractivity contribution in [1.82, 2.24) is 14.9 Å². The Morgan fingerprint density at radius 2 is 1.92 bits per heavy atom. The fourth-order valence-electron chi connectivity index (χ4n) is 2.35. The van der Waals surface area contributed by atoms with Gasteiger partial charge >= 0.3 is 0 Å². The number of rotatable bonds is 4. The second kappa shape index (κ2) is 6.80. The Balaban J connectivity index is 1.93. The lowest BCUT2D eigenvalue weighted by Gasteiger charge is -2.11. The Bertz CT molecular complexity index is 919. The number of aromatic amines is 1. The van der Waals surface area contributed by atoms with E-state index in [2.05, 4.69) is 38.4 Å². The van der Waals surface area contributed by atoms with E-state index in [1.165, 1.54) is 0 Å². The van der Waals surface area contributed by atoms with E-state index in [-0.39, 0.29) is 0 Å². The van der Waals surface area contributed by atoms with Crippen LogP contribution in [0.4, 0.5) is 5.69 Å². The van der Waals surface area contributed by atoms with Crippen LogP contribution in [0.1, 0.15) is 11.1 Å². The minimum Gasteiger partial charge on any atom is -0.378 e. The van der Waals surface area contributed by atoms with Crippen LogP contribution in [0.2, 0.25) is 0 Å². The Labute approximate surface area is 146 Å². The highest BCUT2D eigenvalue weighted by atomic mass is 32.1. The molecule has 0 radical (unpaired) electrons. The summed E-state index contributed by atoms with van der Waals surface area (Å²) >= 11 is 5.30. The van der Waals surface area contributed by atoms with Gasteiger partial charge in [0.2, 0.25) is 4.77 Å². The summed E-state index contributed by atoms with van der Waals surface area (Å²) in [6.07, 6.45) is 1.78. The van der Waals surface area contributed by atoms with Gasteiger partial charge in [0.25, 0.3) is 0 Å². The van der Waals surface area contributed by atoms with Crippen LogP contribution in [0.3, 0.4) is 0 Å². The van der Waals surface area contributed by atoms with Gasteiger partial charge in [0.1, 0.15) is 0 Å². The standard InChI is InChI=1S/C18H19N5S/c1-13-5-4-6-15(11-13)17-20-21-18(24)23(17)19-12-14-7-9-16(10-8-14)22(2)3/h4-12H,1-3H3,(H,21,24)/b19-12+. The predicted molar refractivity (Wildman–Crippen MR) is 101 cm³/mol. The molecule has 1 aromatic heterocycles. The molecule has 122 valence electrons. The summed E-state index contributed by atoms with van der Waals surface area (Å²) in [6, 6.07) is 16.2. The van der Waals surface area contributed by atoms with Crippen molar-refractivity contribution in [3.8, 4) is 11.4 Å². The molecule has 6 heteroatoms. The molecule has 0 atom stereocenters. The minimum absolute atomic E-state index is 0.465. The van der Waals surface area contributed by atoms with E-state index in [0.717, 1.165) is 22.4 Å². The summed E-state index contributed by atoms with van der Waals surface area (Å²) in [5, 5.41) is 11.6. The number of hydrogen-bond donors (Lipinski definition) is 1. The van der Waals surface area contributed by atoms with Crippen LogP contribution in [0.25, 0.3) is 11.4 Å². The van der Waals surface area contributed by atoms with Crippen LogP contribution in [0.15, 0.2) is 53.6 Å². The molecule has 0 saturated heterocycles. The molecule has 0 aliphatic carbocycles. The molecule has 0 spiro atoms. The second-order valence-electron chi connectivity index (χ2n) is 5.76. The Morgan fingerprint density at radius 3 is 2.58 bits per heavy atom. The van der Waals surface area contributed by atoms with Gasteiger partial charge in [-0.3, -0.25) is 0 Å². The smallest absolute Gasteiger partial charge is 0.216 e. The van der Waals surface area contributed by atoms with Crippen molar-refractivity contribution >= 4 is 24.1 Å². The molecule has 2 aromatic carbocycles. The monoisotopic (exact) mass is 337 g/mol. The topological polar surface area (TPSA) is 49.2 Å². The maximum absolute atomic E-state index is 5.30. The Hall–Kier alpha value is -2.73. The molecule has 0 fully saturated rings. The maximum atomic E-state index is 5.30. The lowest BCUT2D eigenvalue weighted by Crippen LogP contribution is -2.08. The van der Waals surface area contributed by atoms with Crippen LogP contribution >= 0.6 is 12.2 Å². The lowest BCUT2D eigenvalue weighted by atomic mass is 10.1. The zero-order chi connectivity index (χ0) is 17.1. The average molecular weight is 337 g/mol. The van der Waals surface area contributed by atoms with E-state index < -0.39 is 0 Å². The van der Waals surface area contributed by atoms with Gasteiger partial charge in [0, 0.05) is 25.3 Å². The molecule has 24 heavy (non-hydrogen) atoms. The average Bonchev–Trinajstić information content (AvgIpc) is 2.94. The highest BCUT2D eigenvalue weighted by Crippen LogP contribution is 2.18. The summed E-state index contributed by atoms with van der Waals surface area (Å²) in [7, 11) is 4.03. The number of benzene rings is 2. The summed E-state index contributed by atoms with van der Waals surface area (Å²) in [6.45, 7) is 2.05. The van der Waals surface area contributed by atoms with Crippen LogP contribution in [0.5, 0.6) is 0 Å². The van der Waals surface area contributed by atoms with Gasteiger partial charge in [0.05, 0.1) is 6.21 Å². The third-order valence-electron chi connectivity index (χ3n) is 3.66. The van der Waals surface area contributed by atoms with Crippen molar-refractivity contribution in [2.75, 3.05) is 19.0 Å². The van der Waals surface area contributed by atoms with E-state index in [9.17, 15) is 0 Å². The van der Waals surface area contributed by atoms with E-state index in [4.69, 9.17) is 12.2 Å². The van der Waals surface area contributed by atoms with Gasteiger partial charge in [-0.1, -0.05) is 35.9 Å². The molecule has 0 saturated carbocycles. The molecule has 1 heterocycles. The molecule has 0 aliphatic heterocycles. The Kier molecular flexibility index (Phi) is 4.57. The first-order chi connectivity index (χ1) is 11.5.